The van der Waals surface area contributed by atoms with Crippen LogP contribution in [0.3, 0.4) is 0 Å². The fraction of sp³-hybridized carbons (Fsp3) is 0.429. The molecule has 1 aromatic rings. The summed E-state index contributed by atoms with van der Waals surface area (Å²) in [5.41, 5.74) is 1.06. The monoisotopic (exact) mass is 232 g/mol. The van der Waals surface area contributed by atoms with Crippen LogP contribution >= 0.6 is 0 Å². The van der Waals surface area contributed by atoms with Gasteiger partial charge in [0.15, 0.2) is 0 Å². The molecule has 0 heterocycles. The van der Waals surface area contributed by atoms with E-state index in [2.05, 4.69) is 26.0 Å². The Kier molecular flexibility index (Phi) is 4.72. The molecule has 1 aromatic carbocycles. The van der Waals surface area contributed by atoms with E-state index in [9.17, 15) is 4.79 Å². The zero-order valence-corrected chi connectivity index (χ0v) is 11.4. The molecular formula is C14H20OSi. The fourth-order valence-electron chi connectivity index (χ4n) is 1.94. The number of benzene rings is 1. The quantitative estimate of drug-likeness (QED) is 0.555. The van der Waals surface area contributed by atoms with Crippen molar-refractivity contribution < 1.29 is 4.79 Å². The Bertz CT molecular complexity index is 375. The summed E-state index contributed by atoms with van der Waals surface area (Å²) < 4.78 is 0. The maximum atomic E-state index is 11.2. The van der Waals surface area contributed by atoms with Crippen LogP contribution < -0.4 is 0 Å². The van der Waals surface area contributed by atoms with Gasteiger partial charge in [0.25, 0.3) is 0 Å². The third-order valence-electron chi connectivity index (χ3n) is 3.00. The molecule has 16 heavy (non-hydrogen) atoms. The molecule has 0 saturated heterocycles. The Morgan fingerprint density at radius 3 is 2.38 bits per heavy atom. The summed E-state index contributed by atoms with van der Waals surface area (Å²) >= 11 is 0. The summed E-state index contributed by atoms with van der Waals surface area (Å²) in [7, 11) is -1.60. The number of hydrogen-bond acceptors (Lipinski definition) is 1. The van der Waals surface area contributed by atoms with Crippen LogP contribution in [0, 0.1) is 0 Å². The van der Waals surface area contributed by atoms with Gasteiger partial charge in [-0.3, -0.25) is 0 Å². The highest BCUT2D eigenvalue weighted by atomic mass is 28.3. The SMILES string of the molecule is CCCC[Si](C)(C)C(=C=O)c1ccccc1. The van der Waals surface area contributed by atoms with Crippen LogP contribution in [0.4, 0.5) is 0 Å². The van der Waals surface area contributed by atoms with Crippen LogP contribution in [0.15, 0.2) is 30.3 Å². The molecule has 86 valence electrons. The molecule has 0 saturated carbocycles. The Morgan fingerprint density at radius 2 is 1.88 bits per heavy atom. The number of carbonyl (C=O) groups excluding carboxylic acids is 1. The van der Waals surface area contributed by atoms with E-state index in [4.69, 9.17) is 0 Å². The molecule has 1 rings (SSSR count). The topological polar surface area (TPSA) is 17.1 Å². The van der Waals surface area contributed by atoms with E-state index in [1.165, 1.54) is 18.9 Å². The molecule has 1 nitrogen and oxygen atoms in total. The third kappa shape index (κ3) is 3.19. The lowest BCUT2D eigenvalue weighted by Gasteiger charge is -2.23. The van der Waals surface area contributed by atoms with Crippen molar-refractivity contribution in [1.29, 1.82) is 0 Å². The highest BCUT2D eigenvalue weighted by Gasteiger charge is 2.27. The van der Waals surface area contributed by atoms with E-state index in [1.807, 2.05) is 30.3 Å². The summed E-state index contributed by atoms with van der Waals surface area (Å²) in [5, 5.41) is 0.932. The molecule has 0 bridgehead atoms. The predicted molar refractivity (Wildman–Crippen MR) is 72.7 cm³/mol. The summed E-state index contributed by atoms with van der Waals surface area (Å²) in [6.07, 6.45) is 2.40. The van der Waals surface area contributed by atoms with E-state index in [0.29, 0.717) is 0 Å². The number of hydrogen-bond donors (Lipinski definition) is 0. The van der Waals surface area contributed by atoms with Crippen molar-refractivity contribution in [3.63, 3.8) is 0 Å². The van der Waals surface area contributed by atoms with Gasteiger partial charge in [0.2, 0.25) is 0 Å². The third-order valence-corrected chi connectivity index (χ3v) is 6.34. The summed E-state index contributed by atoms with van der Waals surface area (Å²) in [4.78, 5) is 11.2. The van der Waals surface area contributed by atoms with E-state index < -0.39 is 8.07 Å². The van der Waals surface area contributed by atoms with E-state index in [1.54, 1.807) is 0 Å². The van der Waals surface area contributed by atoms with Crippen LogP contribution in [-0.4, -0.2) is 14.0 Å². The van der Waals surface area contributed by atoms with Gasteiger partial charge in [0, 0.05) is 5.20 Å². The lowest BCUT2D eigenvalue weighted by Crippen LogP contribution is -2.28. The lowest BCUT2D eigenvalue weighted by molar-refractivity contribution is 0.570. The second-order valence-electron chi connectivity index (χ2n) is 4.83. The first-order valence-electron chi connectivity index (χ1n) is 5.93. The maximum Gasteiger partial charge on any atom is 0.123 e. The van der Waals surface area contributed by atoms with Crippen molar-refractivity contribution in [2.45, 2.75) is 38.9 Å². The molecular weight excluding hydrogens is 212 g/mol. The van der Waals surface area contributed by atoms with Crippen LogP contribution in [0.1, 0.15) is 25.3 Å². The summed E-state index contributed by atoms with van der Waals surface area (Å²) in [5.74, 6) is 2.20. The van der Waals surface area contributed by atoms with Crippen LogP contribution in [0.2, 0.25) is 19.1 Å². The maximum absolute atomic E-state index is 11.2. The first-order chi connectivity index (χ1) is 7.61. The minimum atomic E-state index is -1.60. The first kappa shape index (κ1) is 13.0. The molecule has 2 heteroatoms. The Hall–Kier alpha value is -1.11. The van der Waals surface area contributed by atoms with E-state index >= 15 is 0 Å². The Labute approximate surface area is 99.2 Å². The van der Waals surface area contributed by atoms with Crippen molar-refractivity contribution in [3.8, 4) is 0 Å². The van der Waals surface area contributed by atoms with Crippen LogP contribution in [-0.2, 0) is 4.79 Å². The second-order valence-corrected chi connectivity index (χ2v) is 9.60. The Balaban J connectivity index is 2.96. The molecule has 0 N–H and O–H groups in total. The van der Waals surface area contributed by atoms with Crippen LogP contribution in [0.5, 0.6) is 0 Å². The van der Waals surface area contributed by atoms with Gasteiger partial charge in [-0.15, -0.1) is 0 Å². The average Bonchev–Trinajstić information content (AvgIpc) is 2.28. The summed E-state index contributed by atoms with van der Waals surface area (Å²) in [6, 6.07) is 11.1. The minimum Gasteiger partial charge on any atom is -0.234 e. The van der Waals surface area contributed by atoms with Gasteiger partial charge in [-0.1, -0.05) is 69.2 Å². The van der Waals surface area contributed by atoms with Gasteiger partial charge in [-0.05, 0) is 5.56 Å². The second kappa shape index (κ2) is 5.83. The lowest BCUT2D eigenvalue weighted by atomic mass is 10.2. The smallest absolute Gasteiger partial charge is 0.123 e. The molecule has 0 unspecified atom stereocenters. The first-order valence-corrected chi connectivity index (χ1v) is 9.13. The van der Waals surface area contributed by atoms with Gasteiger partial charge in [0.05, 0.1) is 8.07 Å². The van der Waals surface area contributed by atoms with Crippen molar-refractivity contribution in [2.75, 3.05) is 0 Å². The van der Waals surface area contributed by atoms with Gasteiger partial charge < -0.3 is 0 Å². The molecule has 0 atom stereocenters. The van der Waals surface area contributed by atoms with E-state index in [-0.39, 0.29) is 0 Å². The molecule has 0 radical (unpaired) electrons. The normalized spacial score (nSPS) is 10.9. The molecule has 0 amide bonds. The predicted octanol–water partition coefficient (Wildman–Crippen LogP) is 3.95. The minimum absolute atomic E-state index is 0.932. The standard InChI is InChI=1S/C14H20OSi/c1-4-5-11-16(2,3)14(12-15)13-9-7-6-8-10-13/h6-10H,4-5,11H2,1-3H3. The van der Waals surface area contributed by atoms with Crippen molar-refractivity contribution >= 4 is 19.2 Å². The molecule has 0 aliphatic carbocycles. The molecule has 0 spiro atoms. The Morgan fingerprint density at radius 1 is 1.25 bits per heavy atom. The molecule has 0 aliphatic heterocycles. The number of rotatable bonds is 5. The zero-order chi connectivity index (χ0) is 12.0. The van der Waals surface area contributed by atoms with Gasteiger partial charge in [-0.2, -0.15) is 0 Å². The fourth-order valence-corrected chi connectivity index (χ4v) is 4.65. The largest absolute Gasteiger partial charge is 0.234 e. The van der Waals surface area contributed by atoms with Crippen molar-refractivity contribution in [1.82, 2.24) is 0 Å². The number of unbranched alkanes of at least 4 members (excludes halogenated alkanes) is 1. The molecule has 0 fully saturated rings. The zero-order valence-electron chi connectivity index (χ0n) is 10.4. The highest BCUT2D eigenvalue weighted by molar-refractivity contribution is 6.96. The highest BCUT2D eigenvalue weighted by Crippen LogP contribution is 2.28. The molecule has 0 aromatic heterocycles. The van der Waals surface area contributed by atoms with Crippen molar-refractivity contribution in [3.05, 3.63) is 35.9 Å². The van der Waals surface area contributed by atoms with E-state index in [0.717, 1.165) is 10.8 Å². The molecule has 0 aliphatic rings. The van der Waals surface area contributed by atoms with Crippen molar-refractivity contribution in [2.24, 2.45) is 0 Å². The van der Waals surface area contributed by atoms with Crippen LogP contribution in [0.25, 0.3) is 5.20 Å². The van der Waals surface area contributed by atoms with Gasteiger partial charge in [0.1, 0.15) is 5.94 Å². The summed E-state index contributed by atoms with van der Waals surface area (Å²) in [6.45, 7) is 6.71. The average molecular weight is 232 g/mol. The van der Waals surface area contributed by atoms with Gasteiger partial charge >= 0.3 is 0 Å². The van der Waals surface area contributed by atoms with Gasteiger partial charge in [-0.25, -0.2) is 4.79 Å².